The van der Waals surface area contributed by atoms with Crippen molar-refractivity contribution in [2.75, 3.05) is 6.61 Å². The van der Waals surface area contributed by atoms with Crippen LogP contribution in [0.25, 0.3) is 0 Å². The average Bonchev–Trinajstić information content (AvgIpc) is 3.18. The zero-order valence-electron chi connectivity index (χ0n) is 35.8. The number of esters is 1. The van der Waals surface area contributed by atoms with Crippen LogP contribution in [0.1, 0.15) is 201 Å². The third-order valence-corrected chi connectivity index (χ3v) is 9.90. The van der Waals surface area contributed by atoms with Crippen molar-refractivity contribution in [3.63, 3.8) is 0 Å². The first-order valence-corrected chi connectivity index (χ1v) is 22.7. The van der Waals surface area contributed by atoms with Gasteiger partial charge in [0, 0.05) is 6.42 Å². The SMILES string of the molecule is CC/C=C/C=C/C=C\CCCCCCCC(=O)OC(CCCCCCC/C=C/C=C/C=C/CC)CC(=O)NC(CO)C(O)CCCCCCCCCCCC. The van der Waals surface area contributed by atoms with Gasteiger partial charge < -0.3 is 20.3 Å². The first kappa shape index (κ1) is 52.3. The Labute approximate surface area is 339 Å². The van der Waals surface area contributed by atoms with E-state index in [1.165, 1.54) is 44.9 Å². The second kappa shape index (κ2) is 42.4. The number of amides is 1. The number of hydrogen-bond acceptors (Lipinski definition) is 5. The van der Waals surface area contributed by atoms with Crippen molar-refractivity contribution in [2.45, 2.75) is 219 Å². The zero-order chi connectivity index (χ0) is 40.3. The fourth-order valence-electron chi connectivity index (χ4n) is 6.49. The van der Waals surface area contributed by atoms with E-state index in [1.54, 1.807) is 0 Å². The van der Waals surface area contributed by atoms with Crippen molar-refractivity contribution in [1.29, 1.82) is 0 Å². The van der Waals surface area contributed by atoms with Crippen LogP contribution in [0.15, 0.2) is 72.9 Å². The molecule has 6 heteroatoms. The number of ether oxygens (including phenoxy) is 1. The monoisotopic (exact) mass is 768 g/mol. The highest BCUT2D eigenvalue weighted by molar-refractivity contribution is 5.77. The molecular weight excluding hydrogens is 683 g/mol. The van der Waals surface area contributed by atoms with E-state index in [0.717, 1.165) is 109 Å². The van der Waals surface area contributed by atoms with Crippen molar-refractivity contribution < 1.29 is 24.5 Å². The van der Waals surface area contributed by atoms with Gasteiger partial charge in [-0.25, -0.2) is 0 Å². The quantitative estimate of drug-likeness (QED) is 0.0329. The van der Waals surface area contributed by atoms with Crippen LogP contribution in [-0.2, 0) is 14.3 Å². The van der Waals surface area contributed by atoms with Gasteiger partial charge in [0.05, 0.1) is 25.2 Å². The van der Waals surface area contributed by atoms with Gasteiger partial charge in [0.1, 0.15) is 6.10 Å². The smallest absolute Gasteiger partial charge is 0.306 e. The summed E-state index contributed by atoms with van der Waals surface area (Å²) in [5.41, 5.74) is 0. The average molecular weight is 768 g/mol. The normalized spacial score (nSPS) is 14.1. The van der Waals surface area contributed by atoms with E-state index in [-0.39, 0.29) is 24.9 Å². The molecule has 316 valence electrons. The molecule has 0 aromatic rings. The fourth-order valence-corrected chi connectivity index (χ4v) is 6.49. The third kappa shape index (κ3) is 38.0. The van der Waals surface area contributed by atoms with Gasteiger partial charge in [0.15, 0.2) is 0 Å². The molecule has 0 aliphatic carbocycles. The van der Waals surface area contributed by atoms with Crippen LogP contribution in [0.4, 0.5) is 0 Å². The summed E-state index contributed by atoms with van der Waals surface area (Å²) in [6, 6.07) is -0.713. The number of nitrogens with one attached hydrogen (secondary N) is 1. The second-order valence-electron chi connectivity index (χ2n) is 15.2. The summed E-state index contributed by atoms with van der Waals surface area (Å²) in [7, 11) is 0. The van der Waals surface area contributed by atoms with Crippen molar-refractivity contribution >= 4 is 11.9 Å². The topological polar surface area (TPSA) is 95.9 Å². The molecule has 0 heterocycles. The molecule has 0 aromatic heterocycles. The number of allylic oxidation sites excluding steroid dienone is 12. The van der Waals surface area contributed by atoms with Crippen LogP contribution in [0.5, 0.6) is 0 Å². The Bertz CT molecular complexity index is 1040. The Balaban J connectivity index is 4.69. The van der Waals surface area contributed by atoms with Crippen LogP contribution >= 0.6 is 0 Å². The summed E-state index contributed by atoms with van der Waals surface area (Å²) in [6.45, 7) is 6.18. The lowest BCUT2D eigenvalue weighted by Gasteiger charge is -2.24. The Kier molecular flexibility index (Phi) is 40.4. The highest BCUT2D eigenvalue weighted by Gasteiger charge is 2.24. The number of aliphatic hydroxyl groups is 2. The minimum atomic E-state index is -0.798. The van der Waals surface area contributed by atoms with E-state index in [4.69, 9.17) is 4.74 Å². The highest BCUT2D eigenvalue weighted by Crippen LogP contribution is 2.17. The summed E-state index contributed by atoms with van der Waals surface area (Å²) >= 11 is 0. The van der Waals surface area contributed by atoms with Crippen molar-refractivity contribution in [1.82, 2.24) is 5.32 Å². The van der Waals surface area contributed by atoms with E-state index < -0.39 is 18.2 Å². The maximum atomic E-state index is 13.1. The van der Waals surface area contributed by atoms with E-state index in [1.807, 2.05) is 0 Å². The Hall–Kier alpha value is -2.70. The van der Waals surface area contributed by atoms with Gasteiger partial charge in [-0.1, -0.05) is 196 Å². The predicted molar refractivity (Wildman–Crippen MR) is 236 cm³/mol. The van der Waals surface area contributed by atoms with Gasteiger partial charge in [-0.2, -0.15) is 0 Å². The summed E-state index contributed by atoms with van der Waals surface area (Å²) in [5.74, 6) is -0.526. The molecule has 3 atom stereocenters. The summed E-state index contributed by atoms with van der Waals surface area (Å²) in [5, 5.41) is 23.6. The fraction of sp³-hybridized carbons (Fsp3) is 0.714. The first-order chi connectivity index (χ1) is 27.0. The highest BCUT2D eigenvalue weighted by atomic mass is 16.5. The lowest BCUT2D eigenvalue weighted by Crippen LogP contribution is -2.46. The number of unbranched alkanes of at least 4 members (excludes halogenated alkanes) is 19. The maximum absolute atomic E-state index is 13.1. The van der Waals surface area contributed by atoms with Crippen LogP contribution in [0.2, 0.25) is 0 Å². The minimum Gasteiger partial charge on any atom is -0.462 e. The van der Waals surface area contributed by atoms with E-state index in [0.29, 0.717) is 19.3 Å². The Morgan fingerprint density at radius 1 is 0.545 bits per heavy atom. The maximum Gasteiger partial charge on any atom is 0.306 e. The lowest BCUT2D eigenvalue weighted by atomic mass is 10.0. The Morgan fingerprint density at radius 2 is 0.982 bits per heavy atom. The first-order valence-electron chi connectivity index (χ1n) is 22.7. The number of carbonyl (C=O) groups excluding carboxylic acids is 2. The molecule has 0 saturated heterocycles. The van der Waals surface area contributed by atoms with E-state index >= 15 is 0 Å². The van der Waals surface area contributed by atoms with Crippen molar-refractivity contribution in [3.05, 3.63) is 72.9 Å². The molecule has 0 aliphatic rings. The second-order valence-corrected chi connectivity index (χ2v) is 15.2. The van der Waals surface area contributed by atoms with Crippen molar-refractivity contribution in [3.8, 4) is 0 Å². The van der Waals surface area contributed by atoms with Gasteiger partial charge in [-0.05, 0) is 64.2 Å². The van der Waals surface area contributed by atoms with Gasteiger partial charge >= 0.3 is 5.97 Å². The number of hydrogen-bond donors (Lipinski definition) is 3. The number of carbonyl (C=O) groups is 2. The number of rotatable bonds is 39. The summed E-state index contributed by atoms with van der Waals surface area (Å²) < 4.78 is 5.88. The molecule has 0 radical (unpaired) electrons. The lowest BCUT2D eigenvalue weighted by molar-refractivity contribution is -0.151. The zero-order valence-corrected chi connectivity index (χ0v) is 35.8. The standard InChI is InChI=1S/C49H85NO5/c1-4-7-10-13-16-19-22-24-26-28-31-34-37-40-45(55-49(54)42-39-36-33-30-27-25-23-20-17-14-11-8-5-2)43-48(53)50-46(44-51)47(52)41-38-35-32-29-21-18-15-12-9-6-3/h7-8,10-11,13-14,16-17,19-20,22-23,45-47,51-52H,4-6,9,12,15,18,21,24-44H2,1-3H3,(H,50,53)/b10-7+,11-8+,16-13+,17-14+,22-19+,23-20-. The molecule has 3 unspecified atom stereocenters. The van der Waals surface area contributed by atoms with Crippen molar-refractivity contribution in [2.24, 2.45) is 0 Å². The molecule has 3 N–H and O–H groups in total. The van der Waals surface area contributed by atoms with Gasteiger partial charge in [-0.3, -0.25) is 9.59 Å². The molecule has 0 rings (SSSR count). The van der Waals surface area contributed by atoms with E-state index in [9.17, 15) is 19.8 Å². The number of aliphatic hydroxyl groups excluding tert-OH is 2. The Morgan fingerprint density at radius 3 is 1.47 bits per heavy atom. The molecule has 0 aromatic carbocycles. The molecule has 55 heavy (non-hydrogen) atoms. The van der Waals surface area contributed by atoms with Crippen LogP contribution < -0.4 is 5.32 Å². The molecule has 0 bridgehead atoms. The van der Waals surface area contributed by atoms with Crippen LogP contribution in [-0.4, -0.2) is 46.9 Å². The predicted octanol–water partition coefficient (Wildman–Crippen LogP) is 13.1. The molecule has 0 aliphatic heterocycles. The molecule has 1 amide bonds. The molecule has 0 spiro atoms. The van der Waals surface area contributed by atoms with E-state index in [2.05, 4.69) is 99.0 Å². The molecule has 0 fully saturated rings. The largest absolute Gasteiger partial charge is 0.462 e. The van der Waals surface area contributed by atoms with Crippen LogP contribution in [0.3, 0.4) is 0 Å². The minimum absolute atomic E-state index is 0.0522. The van der Waals surface area contributed by atoms with Gasteiger partial charge in [0.2, 0.25) is 5.91 Å². The summed E-state index contributed by atoms with van der Waals surface area (Å²) in [4.78, 5) is 26.0. The van der Waals surface area contributed by atoms with Crippen LogP contribution in [0, 0.1) is 0 Å². The van der Waals surface area contributed by atoms with Gasteiger partial charge in [-0.15, -0.1) is 0 Å². The molecular formula is C49H85NO5. The van der Waals surface area contributed by atoms with Gasteiger partial charge in [0.25, 0.3) is 0 Å². The molecule has 6 nitrogen and oxygen atoms in total. The molecule has 0 saturated carbocycles. The summed E-state index contributed by atoms with van der Waals surface area (Å²) in [6.07, 6.45) is 52.4. The third-order valence-electron chi connectivity index (χ3n) is 9.90.